The Hall–Kier alpha value is -1.06. The van der Waals surface area contributed by atoms with E-state index in [0.717, 1.165) is 23.1 Å². The van der Waals surface area contributed by atoms with Crippen LogP contribution in [0.5, 0.6) is 0 Å². The van der Waals surface area contributed by atoms with Gasteiger partial charge in [0.1, 0.15) is 5.76 Å². The molecule has 1 atom stereocenters. The zero-order valence-electron chi connectivity index (χ0n) is 8.90. The van der Waals surface area contributed by atoms with Crippen LogP contribution < -0.4 is 5.73 Å². The highest BCUT2D eigenvalue weighted by molar-refractivity contribution is 9.10. The van der Waals surface area contributed by atoms with Crippen LogP contribution in [0.25, 0.3) is 0 Å². The molecule has 0 radical (unpaired) electrons. The lowest BCUT2D eigenvalue weighted by molar-refractivity contribution is 0.450. The van der Waals surface area contributed by atoms with Gasteiger partial charge in [-0.05, 0) is 40.4 Å². The lowest BCUT2D eigenvalue weighted by Gasteiger charge is -2.09. The number of furan rings is 1. The Labute approximate surface area is 104 Å². The molecule has 16 heavy (non-hydrogen) atoms. The van der Waals surface area contributed by atoms with Gasteiger partial charge in [0.2, 0.25) is 0 Å². The third kappa shape index (κ3) is 2.74. The maximum atomic E-state index is 6.06. The first-order valence-corrected chi connectivity index (χ1v) is 6.09. The van der Waals surface area contributed by atoms with Gasteiger partial charge in [-0.3, -0.25) is 0 Å². The summed E-state index contributed by atoms with van der Waals surface area (Å²) in [4.78, 5) is 0. The van der Waals surface area contributed by atoms with Crippen molar-refractivity contribution in [2.24, 2.45) is 5.73 Å². The molecule has 0 fully saturated rings. The van der Waals surface area contributed by atoms with E-state index < -0.39 is 0 Å². The molecule has 2 rings (SSSR count). The smallest absolute Gasteiger partial charge is 0.134 e. The van der Waals surface area contributed by atoms with Crippen molar-refractivity contribution in [2.45, 2.75) is 18.9 Å². The zero-order valence-corrected chi connectivity index (χ0v) is 10.5. The lowest BCUT2D eigenvalue weighted by Crippen LogP contribution is -2.10. The van der Waals surface area contributed by atoms with Gasteiger partial charge in [-0.2, -0.15) is 0 Å². The zero-order chi connectivity index (χ0) is 11.4. The summed E-state index contributed by atoms with van der Waals surface area (Å²) in [5.74, 6) is 0.830. The highest BCUT2D eigenvalue weighted by Gasteiger charge is 2.12. The lowest BCUT2D eigenvalue weighted by atomic mass is 10.0. The van der Waals surface area contributed by atoms with Crippen molar-refractivity contribution < 1.29 is 4.42 Å². The number of aryl methyl sites for hydroxylation is 1. The predicted octanol–water partition coefficient (Wildman–Crippen LogP) is 3.67. The molecule has 3 heteroatoms. The summed E-state index contributed by atoms with van der Waals surface area (Å²) in [6.45, 7) is 0. The van der Waals surface area contributed by atoms with Crippen LogP contribution in [0.3, 0.4) is 0 Å². The van der Waals surface area contributed by atoms with Gasteiger partial charge in [-0.15, -0.1) is 0 Å². The van der Waals surface area contributed by atoms with E-state index >= 15 is 0 Å². The van der Waals surface area contributed by atoms with Crippen molar-refractivity contribution >= 4 is 15.9 Å². The number of benzene rings is 1. The van der Waals surface area contributed by atoms with Gasteiger partial charge in [-0.25, -0.2) is 0 Å². The molecule has 1 heterocycles. The van der Waals surface area contributed by atoms with E-state index in [1.54, 1.807) is 6.26 Å². The number of rotatable bonds is 4. The van der Waals surface area contributed by atoms with E-state index in [0.29, 0.717) is 0 Å². The molecule has 0 aliphatic heterocycles. The largest absolute Gasteiger partial charge is 0.466 e. The fourth-order valence-corrected chi connectivity index (χ4v) is 2.16. The quantitative estimate of drug-likeness (QED) is 0.928. The highest BCUT2D eigenvalue weighted by Crippen LogP contribution is 2.25. The minimum Gasteiger partial charge on any atom is -0.466 e. The van der Waals surface area contributed by atoms with Crippen LogP contribution >= 0.6 is 15.9 Å². The minimum atomic E-state index is -0.0513. The average Bonchev–Trinajstić information content (AvgIpc) is 2.74. The molecule has 0 saturated carbocycles. The molecule has 2 N–H and O–H groups in total. The van der Waals surface area contributed by atoms with Gasteiger partial charge in [0.15, 0.2) is 0 Å². The van der Waals surface area contributed by atoms with Crippen molar-refractivity contribution in [3.05, 3.63) is 58.5 Å². The van der Waals surface area contributed by atoms with Crippen LogP contribution in [-0.2, 0) is 6.42 Å². The molecule has 1 unspecified atom stereocenters. The van der Waals surface area contributed by atoms with Crippen molar-refractivity contribution in [1.29, 1.82) is 0 Å². The Kier molecular flexibility index (Phi) is 3.80. The molecule has 84 valence electrons. The second-order valence-electron chi connectivity index (χ2n) is 3.76. The van der Waals surface area contributed by atoms with Gasteiger partial charge in [0.25, 0.3) is 0 Å². The maximum absolute atomic E-state index is 6.06. The average molecular weight is 280 g/mol. The summed E-state index contributed by atoms with van der Waals surface area (Å²) < 4.78 is 6.29. The fraction of sp³-hybridized carbons (Fsp3) is 0.231. The molecule has 0 bridgehead atoms. The van der Waals surface area contributed by atoms with Gasteiger partial charge < -0.3 is 10.2 Å². The van der Waals surface area contributed by atoms with E-state index in [2.05, 4.69) is 28.1 Å². The monoisotopic (exact) mass is 279 g/mol. The van der Waals surface area contributed by atoms with Gasteiger partial charge in [0.05, 0.1) is 16.8 Å². The molecule has 1 aromatic heterocycles. The number of hydrogen-bond acceptors (Lipinski definition) is 2. The molecule has 2 aromatic rings. The summed E-state index contributed by atoms with van der Waals surface area (Å²) in [6, 6.07) is 12.2. The first-order chi connectivity index (χ1) is 7.77. The fourth-order valence-electron chi connectivity index (χ4n) is 1.67. The molecule has 0 aliphatic rings. The molecular weight excluding hydrogens is 266 g/mol. The molecule has 0 amide bonds. The van der Waals surface area contributed by atoms with E-state index in [4.69, 9.17) is 10.2 Å². The summed E-state index contributed by atoms with van der Waals surface area (Å²) in [5.41, 5.74) is 7.37. The van der Waals surface area contributed by atoms with Crippen molar-refractivity contribution in [3.8, 4) is 0 Å². The van der Waals surface area contributed by atoms with Crippen LogP contribution in [0.15, 0.2) is 51.6 Å². The topological polar surface area (TPSA) is 39.2 Å². The summed E-state index contributed by atoms with van der Waals surface area (Å²) >= 11 is 3.42. The Morgan fingerprint density at radius 2 is 1.94 bits per heavy atom. The third-order valence-corrected chi connectivity index (χ3v) is 3.22. The molecule has 1 aromatic carbocycles. The first-order valence-electron chi connectivity index (χ1n) is 5.30. The van der Waals surface area contributed by atoms with E-state index in [1.165, 1.54) is 5.56 Å². The molecular formula is C13H14BrNO. The summed E-state index contributed by atoms with van der Waals surface area (Å²) in [6.07, 6.45) is 3.51. The van der Waals surface area contributed by atoms with Crippen molar-refractivity contribution in [2.75, 3.05) is 0 Å². The van der Waals surface area contributed by atoms with Crippen molar-refractivity contribution in [1.82, 2.24) is 0 Å². The molecule has 2 nitrogen and oxygen atoms in total. The number of nitrogens with two attached hydrogens (primary N) is 1. The Balaban J connectivity index is 1.94. The van der Waals surface area contributed by atoms with Gasteiger partial charge in [0, 0.05) is 0 Å². The van der Waals surface area contributed by atoms with Gasteiger partial charge >= 0.3 is 0 Å². The number of halogens is 1. The normalized spacial score (nSPS) is 12.6. The molecule has 0 saturated heterocycles. The van der Waals surface area contributed by atoms with E-state index in [-0.39, 0.29) is 6.04 Å². The molecule has 0 spiro atoms. The minimum absolute atomic E-state index is 0.0513. The Morgan fingerprint density at radius 1 is 1.19 bits per heavy atom. The Bertz CT molecular complexity index is 438. The predicted molar refractivity (Wildman–Crippen MR) is 68.1 cm³/mol. The van der Waals surface area contributed by atoms with E-state index in [1.807, 2.05) is 24.3 Å². The summed E-state index contributed by atoms with van der Waals surface area (Å²) in [7, 11) is 0. The van der Waals surface area contributed by atoms with Crippen LogP contribution in [0.2, 0.25) is 0 Å². The third-order valence-electron chi connectivity index (χ3n) is 2.57. The number of hydrogen-bond donors (Lipinski definition) is 1. The van der Waals surface area contributed by atoms with E-state index in [9.17, 15) is 0 Å². The standard InChI is InChI=1S/C13H14BrNO/c14-11-8-9-16-13(11)12(15)7-6-10-4-2-1-3-5-10/h1-5,8-9,12H,6-7,15H2. The maximum Gasteiger partial charge on any atom is 0.134 e. The van der Waals surface area contributed by atoms with Crippen LogP contribution in [-0.4, -0.2) is 0 Å². The highest BCUT2D eigenvalue weighted by atomic mass is 79.9. The van der Waals surface area contributed by atoms with Crippen LogP contribution in [0.4, 0.5) is 0 Å². The van der Waals surface area contributed by atoms with Gasteiger partial charge in [-0.1, -0.05) is 30.3 Å². The Morgan fingerprint density at radius 3 is 2.56 bits per heavy atom. The van der Waals surface area contributed by atoms with Crippen molar-refractivity contribution in [3.63, 3.8) is 0 Å². The molecule has 0 aliphatic carbocycles. The first kappa shape index (κ1) is 11.4. The van der Waals surface area contributed by atoms with Crippen LogP contribution in [0, 0.1) is 0 Å². The second-order valence-corrected chi connectivity index (χ2v) is 4.62. The summed E-state index contributed by atoms with van der Waals surface area (Å²) in [5, 5.41) is 0. The SMILES string of the molecule is NC(CCc1ccccc1)c1occc1Br. The van der Waals surface area contributed by atoms with Crippen LogP contribution in [0.1, 0.15) is 23.8 Å². The second kappa shape index (κ2) is 5.32.